The molecule has 0 aromatic rings. The first-order valence-electron chi connectivity index (χ1n) is 6.79. The van der Waals surface area contributed by atoms with E-state index in [4.69, 9.17) is 9.84 Å². The fourth-order valence-corrected chi connectivity index (χ4v) is 1.12. The van der Waals surface area contributed by atoms with Crippen LogP contribution in [0.2, 0.25) is 0 Å². The van der Waals surface area contributed by atoms with E-state index in [1.165, 1.54) is 7.05 Å². The van der Waals surface area contributed by atoms with Crippen molar-refractivity contribution in [2.24, 2.45) is 11.7 Å². The number of nitrogens with one attached hydrogen (secondary N) is 1. The molecule has 1 amide bonds. The summed E-state index contributed by atoms with van der Waals surface area (Å²) >= 11 is 0. The van der Waals surface area contributed by atoms with Gasteiger partial charge in [0.2, 0.25) is 0 Å². The maximum absolute atomic E-state index is 11.3. The van der Waals surface area contributed by atoms with E-state index in [2.05, 4.69) is 11.1 Å². The Morgan fingerprint density at radius 3 is 2.00 bits per heavy atom. The SMILES string of the molecule is CC(C)CC(C=O)NC(=O)OC(C)(C)C.CCO.CN. The summed E-state index contributed by atoms with van der Waals surface area (Å²) in [6.07, 6.45) is 0.826. The van der Waals surface area contributed by atoms with Crippen molar-refractivity contribution in [3.05, 3.63) is 0 Å². The van der Waals surface area contributed by atoms with Gasteiger partial charge in [-0.1, -0.05) is 13.8 Å². The summed E-state index contributed by atoms with van der Waals surface area (Å²) in [6, 6.07) is -0.458. The largest absolute Gasteiger partial charge is 0.444 e. The zero-order chi connectivity index (χ0) is 16.8. The second kappa shape index (κ2) is 14.3. The van der Waals surface area contributed by atoms with Crippen LogP contribution in [0.5, 0.6) is 0 Å². The third-order valence-corrected chi connectivity index (χ3v) is 1.59. The minimum Gasteiger partial charge on any atom is -0.444 e. The van der Waals surface area contributed by atoms with Gasteiger partial charge in [-0.3, -0.25) is 0 Å². The smallest absolute Gasteiger partial charge is 0.408 e. The lowest BCUT2D eigenvalue weighted by Gasteiger charge is -2.22. The summed E-state index contributed by atoms with van der Waals surface area (Å²) in [4.78, 5) is 22.0. The summed E-state index contributed by atoms with van der Waals surface area (Å²) in [5, 5.41) is 10.1. The summed E-state index contributed by atoms with van der Waals surface area (Å²) in [5.74, 6) is 0.357. The van der Waals surface area contributed by atoms with E-state index in [9.17, 15) is 9.59 Å². The molecule has 20 heavy (non-hydrogen) atoms. The molecule has 0 aromatic carbocycles. The van der Waals surface area contributed by atoms with Gasteiger partial charge < -0.3 is 25.7 Å². The van der Waals surface area contributed by atoms with Crippen LogP contribution in [0, 0.1) is 5.92 Å². The summed E-state index contributed by atoms with van der Waals surface area (Å²) in [7, 11) is 1.50. The molecule has 0 aliphatic carbocycles. The number of aliphatic hydroxyl groups is 1. The van der Waals surface area contributed by atoms with Gasteiger partial charge >= 0.3 is 6.09 Å². The number of aliphatic hydroxyl groups excluding tert-OH is 1. The Morgan fingerprint density at radius 2 is 1.75 bits per heavy atom. The molecule has 6 nitrogen and oxygen atoms in total. The second-order valence-electron chi connectivity index (χ2n) is 5.33. The Hall–Kier alpha value is -1.14. The van der Waals surface area contributed by atoms with E-state index in [0.717, 1.165) is 6.29 Å². The highest BCUT2D eigenvalue weighted by atomic mass is 16.6. The fraction of sp³-hybridized carbons (Fsp3) is 0.857. The lowest BCUT2D eigenvalue weighted by Crippen LogP contribution is -2.40. The Bertz CT molecular complexity index is 238. The lowest BCUT2D eigenvalue weighted by atomic mass is 10.1. The van der Waals surface area contributed by atoms with Gasteiger partial charge in [0.1, 0.15) is 11.9 Å². The average Bonchev–Trinajstić information content (AvgIpc) is 2.28. The number of hydrogen-bond donors (Lipinski definition) is 3. The molecule has 0 rings (SSSR count). The Labute approximate surface area is 123 Å². The van der Waals surface area contributed by atoms with Crippen LogP contribution in [0.25, 0.3) is 0 Å². The molecule has 0 aromatic heterocycles. The normalized spacial score (nSPS) is 11.3. The van der Waals surface area contributed by atoms with Crippen LogP contribution in [-0.2, 0) is 9.53 Å². The first kappa shape index (κ1) is 23.9. The van der Waals surface area contributed by atoms with Crippen molar-refractivity contribution < 1.29 is 19.4 Å². The average molecular weight is 292 g/mol. The van der Waals surface area contributed by atoms with Crippen molar-refractivity contribution in [1.29, 1.82) is 0 Å². The first-order valence-corrected chi connectivity index (χ1v) is 6.79. The number of hydrogen-bond acceptors (Lipinski definition) is 5. The zero-order valence-corrected chi connectivity index (χ0v) is 13.9. The predicted octanol–water partition coefficient (Wildman–Crippen LogP) is 1.70. The van der Waals surface area contributed by atoms with Gasteiger partial charge in [-0.15, -0.1) is 0 Å². The molecule has 0 spiro atoms. The van der Waals surface area contributed by atoms with Crippen molar-refractivity contribution in [1.82, 2.24) is 5.32 Å². The van der Waals surface area contributed by atoms with Crippen LogP contribution in [0.4, 0.5) is 4.79 Å². The highest BCUT2D eigenvalue weighted by Gasteiger charge is 2.19. The van der Waals surface area contributed by atoms with E-state index in [1.54, 1.807) is 27.7 Å². The van der Waals surface area contributed by atoms with Gasteiger partial charge in [-0.25, -0.2) is 4.79 Å². The molecule has 0 saturated carbocycles. The van der Waals surface area contributed by atoms with Gasteiger partial charge in [0.05, 0.1) is 6.04 Å². The number of rotatable bonds is 4. The minimum atomic E-state index is -0.541. The van der Waals surface area contributed by atoms with Crippen molar-refractivity contribution >= 4 is 12.4 Å². The van der Waals surface area contributed by atoms with Crippen LogP contribution in [0.3, 0.4) is 0 Å². The molecule has 122 valence electrons. The molecule has 0 fully saturated rings. The molecule has 0 aliphatic heterocycles. The summed E-state index contributed by atoms with van der Waals surface area (Å²) < 4.78 is 5.04. The first-order chi connectivity index (χ1) is 9.16. The Kier molecular flexibility index (Phi) is 17.1. The van der Waals surface area contributed by atoms with Crippen molar-refractivity contribution in [2.45, 2.75) is 59.6 Å². The van der Waals surface area contributed by atoms with Crippen molar-refractivity contribution in [2.75, 3.05) is 13.7 Å². The standard InChI is InChI=1S/C11H21NO3.C2H6O.CH5N/c1-8(2)6-9(7-13)12-10(14)15-11(3,4)5;1-2-3;1-2/h7-9H,6H2,1-5H3,(H,12,14);3H,2H2,1H3;2H2,1H3. The highest BCUT2D eigenvalue weighted by Crippen LogP contribution is 2.08. The van der Waals surface area contributed by atoms with E-state index in [1.807, 2.05) is 13.8 Å². The minimum absolute atomic E-state index is 0.250. The summed E-state index contributed by atoms with van der Waals surface area (Å²) in [5.41, 5.74) is 3.97. The lowest BCUT2D eigenvalue weighted by molar-refractivity contribution is -0.110. The van der Waals surface area contributed by atoms with E-state index < -0.39 is 17.7 Å². The molecule has 1 unspecified atom stereocenters. The molecule has 1 atom stereocenters. The quantitative estimate of drug-likeness (QED) is 0.684. The monoisotopic (exact) mass is 292 g/mol. The second-order valence-corrected chi connectivity index (χ2v) is 5.33. The van der Waals surface area contributed by atoms with Gasteiger partial charge in [0.25, 0.3) is 0 Å². The Morgan fingerprint density at radius 1 is 1.35 bits per heavy atom. The molecule has 6 heteroatoms. The predicted molar refractivity (Wildman–Crippen MR) is 81.5 cm³/mol. The van der Waals surface area contributed by atoms with Crippen LogP contribution < -0.4 is 11.1 Å². The molecule has 4 N–H and O–H groups in total. The third kappa shape index (κ3) is 22.1. The third-order valence-electron chi connectivity index (χ3n) is 1.59. The summed E-state index contributed by atoms with van der Waals surface area (Å²) in [6.45, 7) is 11.3. The molecule has 0 saturated heterocycles. The zero-order valence-electron chi connectivity index (χ0n) is 13.9. The molecule has 0 heterocycles. The van der Waals surface area contributed by atoms with E-state index >= 15 is 0 Å². The van der Waals surface area contributed by atoms with E-state index in [0.29, 0.717) is 12.3 Å². The van der Waals surface area contributed by atoms with E-state index in [-0.39, 0.29) is 6.61 Å². The maximum Gasteiger partial charge on any atom is 0.408 e. The van der Waals surface area contributed by atoms with Crippen LogP contribution >= 0.6 is 0 Å². The molecular weight excluding hydrogens is 260 g/mol. The number of nitrogens with two attached hydrogens (primary N) is 1. The van der Waals surface area contributed by atoms with Crippen LogP contribution in [0.15, 0.2) is 0 Å². The van der Waals surface area contributed by atoms with Crippen LogP contribution in [-0.4, -0.2) is 42.8 Å². The molecular formula is C14H32N2O4. The number of carbonyl (C=O) groups is 2. The van der Waals surface area contributed by atoms with Crippen LogP contribution in [0.1, 0.15) is 48.0 Å². The van der Waals surface area contributed by atoms with Gasteiger partial charge in [0, 0.05) is 6.61 Å². The number of amides is 1. The number of ether oxygens (including phenoxy) is 1. The number of carbonyl (C=O) groups excluding carboxylic acids is 2. The fourth-order valence-electron chi connectivity index (χ4n) is 1.12. The van der Waals surface area contributed by atoms with Gasteiger partial charge in [-0.05, 0) is 47.1 Å². The molecule has 0 bridgehead atoms. The Balaban J connectivity index is -0.000000505. The van der Waals surface area contributed by atoms with Crippen molar-refractivity contribution in [3.8, 4) is 0 Å². The van der Waals surface area contributed by atoms with Gasteiger partial charge in [0.15, 0.2) is 0 Å². The maximum atomic E-state index is 11.3. The molecule has 0 radical (unpaired) electrons. The number of aldehydes is 1. The number of alkyl carbamates (subject to hydrolysis) is 1. The molecule has 0 aliphatic rings. The topological polar surface area (TPSA) is 102 Å². The van der Waals surface area contributed by atoms with Gasteiger partial charge in [-0.2, -0.15) is 0 Å². The van der Waals surface area contributed by atoms with Crippen molar-refractivity contribution in [3.63, 3.8) is 0 Å². The highest BCUT2D eigenvalue weighted by molar-refractivity contribution is 5.73.